The smallest absolute Gasteiger partial charge is 0.258 e. The molecule has 2 aromatic heterocycles. The van der Waals surface area contributed by atoms with E-state index in [-0.39, 0.29) is 16.0 Å². The molecule has 0 saturated heterocycles. The van der Waals surface area contributed by atoms with Crippen LogP contribution < -0.4 is 5.32 Å². The number of hydrogen-bond donors (Lipinski definition) is 1. The Hall–Kier alpha value is -2.31. The molecule has 0 atom stereocenters. The lowest BCUT2D eigenvalue weighted by Gasteiger charge is -2.08. The number of carbonyl (C=O) groups is 1. The maximum absolute atomic E-state index is 12.4. The molecule has 0 fully saturated rings. The van der Waals surface area contributed by atoms with Gasteiger partial charge in [0.1, 0.15) is 17.5 Å². The Morgan fingerprint density at radius 3 is 2.48 bits per heavy atom. The summed E-state index contributed by atoms with van der Waals surface area (Å²) in [5.74, 6) is -0.417. The van der Waals surface area contributed by atoms with E-state index in [4.69, 9.17) is 23.2 Å². The highest BCUT2D eigenvalue weighted by molar-refractivity contribution is 6.38. The number of anilines is 1. The quantitative estimate of drug-likeness (QED) is 0.734. The summed E-state index contributed by atoms with van der Waals surface area (Å²) in [4.78, 5) is 28.2. The third kappa shape index (κ3) is 2.63. The molecule has 1 N–H and O–H groups in total. The molecule has 8 heteroatoms. The van der Waals surface area contributed by atoms with Gasteiger partial charge in [0.15, 0.2) is 10.3 Å². The zero-order valence-electron chi connectivity index (χ0n) is 10.4. The van der Waals surface area contributed by atoms with Gasteiger partial charge in [-0.15, -0.1) is 0 Å². The van der Waals surface area contributed by atoms with Crippen molar-refractivity contribution in [2.24, 2.45) is 0 Å². The van der Waals surface area contributed by atoms with Gasteiger partial charge in [0.05, 0.1) is 11.1 Å². The van der Waals surface area contributed by atoms with Crippen LogP contribution in [0.4, 0.5) is 5.69 Å². The van der Waals surface area contributed by atoms with Crippen LogP contribution in [0, 0.1) is 0 Å². The second kappa shape index (κ2) is 5.59. The van der Waals surface area contributed by atoms with E-state index in [9.17, 15) is 4.79 Å². The standard InChI is InChI=1S/C13H7Cl2N5O/c14-11-10(12(15)19-6-18-11)20-13(21)7-2-1-3-8-9(7)17-5-4-16-8/h1-6H,(H,20,21). The number of fused-ring (bicyclic) bond motifs is 1. The van der Waals surface area contributed by atoms with Crippen molar-refractivity contribution in [1.29, 1.82) is 0 Å². The topological polar surface area (TPSA) is 80.7 Å². The summed E-state index contributed by atoms with van der Waals surface area (Å²) >= 11 is 11.8. The number of benzene rings is 1. The molecule has 2 heterocycles. The monoisotopic (exact) mass is 319 g/mol. The van der Waals surface area contributed by atoms with Gasteiger partial charge in [-0.1, -0.05) is 29.3 Å². The Labute approximate surface area is 129 Å². The molecular weight excluding hydrogens is 313 g/mol. The second-order valence-corrected chi connectivity index (χ2v) is 4.73. The number of para-hydroxylation sites is 1. The van der Waals surface area contributed by atoms with E-state index in [1.807, 2.05) is 0 Å². The fraction of sp³-hybridized carbons (Fsp3) is 0. The van der Waals surface area contributed by atoms with Crippen molar-refractivity contribution < 1.29 is 4.79 Å². The lowest BCUT2D eigenvalue weighted by Crippen LogP contribution is -2.14. The fourth-order valence-electron chi connectivity index (χ4n) is 1.80. The van der Waals surface area contributed by atoms with Crippen molar-refractivity contribution in [3.8, 4) is 0 Å². The molecule has 0 unspecified atom stereocenters. The average molecular weight is 320 g/mol. The minimum Gasteiger partial charge on any atom is -0.317 e. The van der Waals surface area contributed by atoms with Crippen LogP contribution in [0.15, 0.2) is 36.9 Å². The molecule has 1 amide bonds. The highest BCUT2D eigenvalue weighted by Gasteiger charge is 2.16. The number of aromatic nitrogens is 4. The van der Waals surface area contributed by atoms with Crippen molar-refractivity contribution in [2.75, 3.05) is 5.32 Å². The maximum Gasteiger partial charge on any atom is 0.258 e. The van der Waals surface area contributed by atoms with E-state index in [2.05, 4.69) is 25.3 Å². The summed E-state index contributed by atoms with van der Waals surface area (Å²) in [5, 5.41) is 2.72. The summed E-state index contributed by atoms with van der Waals surface area (Å²) in [7, 11) is 0. The van der Waals surface area contributed by atoms with Gasteiger partial charge in [0.25, 0.3) is 5.91 Å². The maximum atomic E-state index is 12.4. The molecule has 0 radical (unpaired) electrons. The Kier molecular flexibility index (Phi) is 3.64. The molecule has 3 rings (SSSR count). The number of halogens is 2. The zero-order chi connectivity index (χ0) is 14.8. The first-order valence-electron chi connectivity index (χ1n) is 5.84. The van der Waals surface area contributed by atoms with E-state index >= 15 is 0 Å². The van der Waals surface area contributed by atoms with Crippen molar-refractivity contribution in [2.45, 2.75) is 0 Å². The Bertz CT molecular complexity index is 814. The normalized spacial score (nSPS) is 10.6. The Balaban J connectivity index is 2.02. The van der Waals surface area contributed by atoms with Crippen molar-refractivity contribution in [3.05, 3.63) is 52.8 Å². The minimum atomic E-state index is -0.417. The highest BCUT2D eigenvalue weighted by atomic mass is 35.5. The van der Waals surface area contributed by atoms with Gasteiger partial charge in [-0.05, 0) is 12.1 Å². The molecule has 0 aliphatic rings. The molecule has 6 nitrogen and oxygen atoms in total. The van der Waals surface area contributed by atoms with Crippen molar-refractivity contribution >= 4 is 45.8 Å². The molecule has 0 saturated carbocycles. The predicted molar refractivity (Wildman–Crippen MR) is 79.5 cm³/mol. The number of amides is 1. The van der Waals surface area contributed by atoms with Crippen LogP contribution in [0.3, 0.4) is 0 Å². The molecule has 21 heavy (non-hydrogen) atoms. The molecule has 1 aromatic carbocycles. The van der Waals surface area contributed by atoms with Crippen molar-refractivity contribution in [1.82, 2.24) is 19.9 Å². The number of hydrogen-bond acceptors (Lipinski definition) is 5. The van der Waals surface area contributed by atoms with Gasteiger partial charge in [0.2, 0.25) is 0 Å². The summed E-state index contributed by atoms with van der Waals surface area (Å²) in [6.45, 7) is 0. The van der Waals surface area contributed by atoms with Gasteiger partial charge < -0.3 is 5.32 Å². The van der Waals surface area contributed by atoms with Crippen LogP contribution in [0.5, 0.6) is 0 Å². The van der Waals surface area contributed by atoms with Crippen LogP contribution in [-0.4, -0.2) is 25.8 Å². The van der Waals surface area contributed by atoms with Gasteiger partial charge in [-0.2, -0.15) is 0 Å². The van der Waals surface area contributed by atoms with Crippen LogP contribution in [0.1, 0.15) is 10.4 Å². The summed E-state index contributed by atoms with van der Waals surface area (Å²) < 4.78 is 0. The predicted octanol–water partition coefficient (Wildman–Crippen LogP) is 2.98. The molecule has 0 bridgehead atoms. The Morgan fingerprint density at radius 2 is 1.71 bits per heavy atom. The van der Waals surface area contributed by atoms with E-state index in [0.717, 1.165) is 0 Å². The van der Waals surface area contributed by atoms with Crippen LogP contribution in [-0.2, 0) is 0 Å². The third-order valence-electron chi connectivity index (χ3n) is 2.74. The van der Waals surface area contributed by atoms with Gasteiger partial charge >= 0.3 is 0 Å². The average Bonchev–Trinajstić information content (AvgIpc) is 2.50. The largest absolute Gasteiger partial charge is 0.317 e. The number of nitrogens with zero attached hydrogens (tertiary/aromatic N) is 4. The van der Waals surface area contributed by atoms with Crippen LogP contribution in [0.2, 0.25) is 10.3 Å². The number of carbonyl (C=O) groups excluding carboxylic acids is 1. The first-order chi connectivity index (χ1) is 10.2. The van der Waals surface area contributed by atoms with E-state index in [0.29, 0.717) is 16.6 Å². The summed E-state index contributed by atoms with van der Waals surface area (Å²) in [6.07, 6.45) is 4.29. The van der Waals surface area contributed by atoms with Gasteiger partial charge in [-0.25, -0.2) is 9.97 Å². The van der Waals surface area contributed by atoms with E-state index in [1.165, 1.54) is 12.5 Å². The molecule has 3 aromatic rings. The lowest BCUT2D eigenvalue weighted by atomic mass is 10.1. The number of rotatable bonds is 2. The SMILES string of the molecule is O=C(Nc1c(Cl)ncnc1Cl)c1cccc2nccnc12. The first-order valence-corrected chi connectivity index (χ1v) is 6.59. The summed E-state index contributed by atoms with van der Waals surface area (Å²) in [5.41, 5.74) is 1.62. The number of nitrogens with one attached hydrogen (secondary N) is 1. The minimum absolute atomic E-state index is 0.0645. The molecule has 0 aliphatic heterocycles. The van der Waals surface area contributed by atoms with Gasteiger partial charge in [0, 0.05) is 12.4 Å². The molecule has 0 aliphatic carbocycles. The molecule has 0 spiro atoms. The van der Waals surface area contributed by atoms with Crippen molar-refractivity contribution in [3.63, 3.8) is 0 Å². The van der Waals surface area contributed by atoms with E-state index < -0.39 is 5.91 Å². The van der Waals surface area contributed by atoms with Crippen LogP contribution in [0.25, 0.3) is 11.0 Å². The first kappa shape index (κ1) is 13.7. The van der Waals surface area contributed by atoms with Gasteiger partial charge in [-0.3, -0.25) is 14.8 Å². The lowest BCUT2D eigenvalue weighted by molar-refractivity contribution is 0.102. The fourth-order valence-corrected chi connectivity index (χ4v) is 2.21. The highest BCUT2D eigenvalue weighted by Crippen LogP contribution is 2.26. The van der Waals surface area contributed by atoms with E-state index in [1.54, 1.807) is 24.4 Å². The third-order valence-corrected chi connectivity index (χ3v) is 3.31. The molecular formula is C13H7Cl2N5O. The second-order valence-electron chi connectivity index (χ2n) is 4.01. The van der Waals surface area contributed by atoms with Crippen LogP contribution >= 0.6 is 23.2 Å². The Morgan fingerprint density at radius 1 is 1.00 bits per heavy atom. The summed E-state index contributed by atoms with van der Waals surface area (Å²) in [6, 6.07) is 5.12. The molecule has 104 valence electrons. The zero-order valence-corrected chi connectivity index (χ0v) is 11.9.